The maximum atomic E-state index is 12.0. The summed E-state index contributed by atoms with van der Waals surface area (Å²) in [6.07, 6.45) is 2.22. The van der Waals surface area contributed by atoms with Crippen molar-refractivity contribution in [3.8, 4) is 5.95 Å². The number of ether oxygens (including phenoxy) is 1. The van der Waals surface area contributed by atoms with E-state index in [1.54, 1.807) is 10.8 Å². The second kappa shape index (κ2) is 7.97. The van der Waals surface area contributed by atoms with Crippen molar-refractivity contribution >= 4 is 22.9 Å². The highest BCUT2D eigenvalue weighted by atomic mass is 16.5. The molecule has 4 aromatic heterocycles. The lowest BCUT2D eigenvalue weighted by molar-refractivity contribution is -0.134. The molecule has 0 radical (unpaired) electrons. The number of aliphatic hydroxyl groups excluding tert-OH is 1. The third kappa shape index (κ3) is 3.54. The molecule has 3 atom stereocenters. The van der Waals surface area contributed by atoms with Gasteiger partial charge in [0, 0.05) is 19.5 Å². The van der Waals surface area contributed by atoms with Gasteiger partial charge in [-0.05, 0) is 6.92 Å². The number of carbonyl (C=O) groups is 1. The lowest BCUT2D eigenvalue weighted by Crippen LogP contribution is -2.31. The molecule has 14 heteroatoms. The fourth-order valence-electron chi connectivity index (χ4n) is 3.53. The van der Waals surface area contributed by atoms with Crippen molar-refractivity contribution in [2.75, 3.05) is 12.4 Å². The highest BCUT2D eigenvalue weighted by Gasteiger charge is 2.39. The SMILES string of the molecule is CNC(=O)[C@@H]1C[C@@H](O)[C@H](n2cnc3c(NCc4cc(C)no4)nc(-n4ccnn4)nc32)O1. The quantitative estimate of drug-likeness (QED) is 0.360. The van der Waals surface area contributed by atoms with E-state index in [-0.39, 0.29) is 18.3 Å². The Hall–Kier alpha value is -3.91. The van der Waals surface area contributed by atoms with Crippen LogP contribution in [0.5, 0.6) is 0 Å². The molecular formula is C18H20N10O4. The van der Waals surface area contributed by atoms with E-state index < -0.39 is 18.4 Å². The number of anilines is 1. The van der Waals surface area contributed by atoms with Gasteiger partial charge in [0.1, 0.15) is 12.2 Å². The van der Waals surface area contributed by atoms with Crippen LogP contribution in [-0.4, -0.2) is 69.9 Å². The third-order valence-corrected chi connectivity index (χ3v) is 5.05. The average Bonchev–Trinajstić information content (AvgIpc) is 3.58. The summed E-state index contributed by atoms with van der Waals surface area (Å²) in [4.78, 5) is 25.5. The van der Waals surface area contributed by atoms with Crippen LogP contribution in [0.3, 0.4) is 0 Å². The largest absolute Gasteiger partial charge is 0.388 e. The Morgan fingerprint density at radius 1 is 1.38 bits per heavy atom. The van der Waals surface area contributed by atoms with Crippen molar-refractivity contribution in [1.29, 1.82) is 0 Å². The van der Waals surface area contributed by atoms with E-state index in [1.807, 2.05) is 13.0 Å². The van der Waals surface area contributed by atoms with Gasteiger partial charge in [0.15, 0.2) is 29.0 Å². The number of aromatic nitrogens is 8. The first-order valence-corrected chi connectivity index (χ1v) is 9.86. The monoisotopic (exact) mass is 440 g/mol. The smallest absolute Gasteiger partial charge is 0.256 e. The zero-order valence-corrected chi connectivity index (χ0v) is 17.2. The van der Waals surface area contributed by atoms with E-state index in [1.165, 1.54) is 24.3 Å². The first-order valence-electron chi connectivity index (χ1n) is 9.86. The van der Waals surface area contributed by atoms with E-state index >= 15 is 0 Å². The van der Waals surface area contributed by atoms with E-state index in [4.69, 9.17) is 9.26 Å². The number of fused-ring (bicyclic) bond motifs is 1. The van der Waals surface area contributed by atoms with Gasteiger partial charge in [0.2, 0.25) is 5.91 Å². The summed E-state index contributed by atoms with van der Waals surface area (Å²) >= 11 is 0. The molecule has 4 aromatic rings. The van der Waals surface area contributed by atoms with Crippen LogP contribution in [0, 0.1) is 6.92 Å². The maximum Gasteiger partial charge on any atom is 0.256 e. The molecule has 5 rings (SSSR count). The lowest BCUT2D eigenvalue weighted by atomic mass is 10.2. The molecule has 1 aliphatic rings. The Balaban J connectivity index is 1.54. The van der Waals surface area contributed by atoms with Gasteiger partial charge in [-0.25, -0.2) is 4.98 Å². The molecule has 3 N–H and O–H groups in total. The Labute approximate surface area is 180 Å². The molecule has 1 aliphatic heterocycles. The minimum Gasteiger partial charge on any atom is -0.388 e. The number of aryl methyl sites for hydroxylation is 1. The van der Waals surface area contributed by atoms with Crippen molar-refractivity contribution in [1.82, 2.24) is 45.0 Å². The van der Waals surface area contributed by atoms with Gasteiger partial charge in [0.25, 0.3) is 5.95 Å². The molecular weight excluding hydrogens is 420 g/mol. The molecule has 1 amide bonds. The van der Waals surface area contributed by atoms with Crippen molar-refractivity contribution in [3.63, 3.8) is 0 Å². The zero-order chi connectivity index (χ0) is 22.2. The summed E-state index contributed by atoms with van der Waals surface area (Å²) in [6, 6.07) is 1.81. The molecule has 0 bridgehead atoms. The van der Waals surface area contributed by atoms with Crippen molar-refractivity contribution in [2.45, 2.75) is 38.3 Å². The van der Waals surface area contributed by atoms with Crippen LogP contribution in [-0.2, 0) is 16.1 Å². The molecule has 0 aliphatic carbocycles. The van der Waals surface area contributed by atoms with E-state index in [0.29, 0.717) is 29.3 Å². The Bertz CT molecular complexity index is 1250. The van der Waals surface area contributed by atoms with E-state index in [9.17, 15) is 9.90 Å². The third-order valence-electron chi connectivity index (χ3n) is 5.05. The summed E-state index contributed by atoms with van der Waals surface area (Å²) in [5.41, 5.74) is 1.60. The molecule has 0 saturated carbocycles. The summed E-state index contributed by atoms with van der Waals surface area (Å²) in [5.74, 6) is 0.976. The number of imidazole rings is 1. The molecule has 5 heterocycles. The van der Waals surface area contributed by atoms with Crippen LogP contribution in [0.2, 0.25) is 0 Å². The van der Waals surface area contributed by atoms with Crippen LogP contribution < -0.4 is 10.6 Å². The minimum absolute atomic E-state index is 0.154. The van der Waals surface area contributed by atoms with Crippen LogP contribution in [0.1, 0.15) is 24.1 Å². The van der Waals surface area contributed by atoms with Gasteiger partial charge in [-0.3, -0.25) is 9.36 Å². The number of aliphatic hydroxyl groups is 1. The second-order valence-electron chi connectivity index (χ2n) is 7.26. The number of nitrogens with zero attached hydrogens (tertiary/aromatic N) is 8. The van der Waals surface area contributed by atoms with Crippen molar-refractivity contribution in [2.24, 2.45) is 0 Å². The number of amides is 1. The highest BCUT2D eigenvalue weighted by Crippen LogP contribution is 2.32. The fraction of sp³-hybridized carbons (Fsp3) is 0.389. The number of likely N-dealkylation sites (N-methyl/N-ethyl adjacent to an activating group) is 1. The summed E-state index contributed by atoms with van der Waals surface area (Å²) < 4.78 is 14.0. The normalized spacial score (nSPS) is 20.7. The molecule has 0 unspecified atom stereocenters. The summed E-state index contributed by atoms with van der Waals surface area (Å²) in [6.45, 7) is 2.15. The van der Waals surface area contributed by atoms with Gasteiger partial charge in [0.05, 0.1) is 31.0 Å². The molecule has 14 nitrogen and oxygen atoms in total. The topological polar surface area (TPSA) is 171 Å². The summed E-state index contributed by atoms with van der Waals surface area (Å²) in [5, 5.41) is 27.9. The van der Waals surface area contributed by atoms with Crippen LogP contribution in [0.15, 0.2) is 29.3 Å². The number of hydrogen-bond donors (Lipinski definition) is 3. The highest BCUT2D eigenvalue weighted by molar-refractivity contribution is 5.84. The van der Waals surface area contributed by atoms with Gasteiger partial charge < -0.3 is 25.0 Å². The van der Waals surface area contributed by atoms with Crippen molar-refractivity contribution in [3.05, 3.63) is 36.2 Å². The van der Waals surface area contributed by atoms with Gasteiger partial charge >= 0.3 is 0 Å². The van der Waals surface area contributed by atoms with Crippen molar-refractivity contribution < 1.29 is 19.2 Å². The standard InChI is InChI=1S/C18H20N10O4/c1-9-5-10(32-25-9)7-20-14-13-15(24-18(23-14)28-4-3-22-26-28)27(8-21-13)17-11(29)6-12(31-17)16(30)19-2/h3-5,8,11-12,17,29H,6-7H2,1-2H3,(H,19,30)(H,20,23,24)/t11-,12+,17-/m1/s1. The molecule has 0 spiro atoms. The molecule has 32 heavy (non-hydrogen) atoms. The molecule has 0 aromatic carbocycles. The van der Waals surface area contributed by atoms with E-state index in [2.05, 4.69) is 41.1 Å². The number of hydrogen-bond acceptors (Lipinski definition) is 11. The molecule has 1 fully saturated rings. The predicted molar refractivity (Wildman–Crippen MR) is 107 cm³/mol. The minimum atomic E-state index is -0.923. The van der Waals surface area contributed by atoms with Crippen LogP contribution in [0.25, 0.3) is 17.1 Å². The predicted octanol–water partition coefficient (Wildman–Crippen LogP) is -0.290. The second-order valence-corrected chi connectivity index (χ2v) is 7.26. The Kier molecular flexibility index (Phi) is 4.99. The van der Waals surface area contributed by atoms with Crippen LogP contribution in [0.4, 0.5) is 5.82 Å². The lowest BCUT2D eigenvalue weighted by Gasteiger charge is -2.17. The number of carbonyl (C=O) groups excluding carboxylic acids is 1. The van der Waals surface area contributed by atoms with Gasteiger partial charge in [-0.1, -0.05) is 10.4 Å². The number of nitrogens with one attached hydrogen (secondary N) is 2. The Morgan fingerprint density at radius 2 is 2.25 bits per heavy atom. The first kappa shape index (κ1) is 20.0. The fourth-order valence-corrected chi connectivity index (χ4v) is 3.53. The molecule has 166 valence electrons. The average molecular weight is 440 g/mol. The first-order chi connectivity index (χ1) is 15.5. The van der Waals surface area contributed by atoms with Gasteiger partial charge in [-0.2, -0.15) is 14.6 Å². The summed E-state index contributed by atoms with van der Waals surface area (Å²) in [7, 11) is 1.52. The van der Waals surface area contributed by atoms with Gasteiger partial charge in [-0.15, -0.1) is 5.10 Å². The molecule has 1 saturated heterocycles. The maximum absolute atomic E-state index is 12.0. The zero-order valence-electron chi connectivity index (χ0n) is 17.2. The van der Waals surface area contributed by atoms with Crippen LogP contribution >= 0.6 is 0 Å². The van der Waals surface area contributed by atoms with E-state index in [0.717, 1.165) is 5.69 Å². The number of rotatable bonds is 6. The Morgan fingerprint density at radius 3 is 2.97 bits per heavy atom.